The number of nitrogens with zero attached hydrogens (tertiary/aromatic N) is 2. The molecule has 2 aromatic heterocycles. The number of rotatable bonds is 2. The zero-order chi connectivity index (χ0) is 15.2. The van der Waals surface area contributed by atoms with Crippen LogP contribution in [0, 0.1) is 0 Å². The van der Waals surface area contributed by atoms with Crippen molar-refractivity contribution in [2.75, 3.05) is 0 Å². The van der Waals surface area contributed by atoms with Gasteiger partial charge in [0.1, 0.15) is 5.69 Å². The highest BCUT2D eigenvalue weighted by molar-refractivity contribution is 5.79. The first-order chi connectivity index (χ1) is 9.84. The highest BCUT2D eigenvalue weighted by atomic mass is 19.4. The summed E-state index contributed by atoms with van der Waals surface area (Å²) >= 11 is 0. The molecule has 0 aliphatic heterocycles. The molecule has 3 aromatic rings. The molecule has 0 aliphatic rings. The lowest BCUT2D eigenvalue weighted by Gasteiger charge is -2.04. The molecule has 0 unspecified atom stereocenters. The Hall–Kier alpha value is -2.35. The van der Waals surface area contributed by atoms with E-state index in [1.165, 1.54) is 6.07 Å². The largest absolute Gasteiger partial charge is 0.416 e. The number of halogens is 3. The molecule has 3 N–H and O–H groups in total. The molecular weight excluding hydrogens is 285 g/mol. The van der Waals surface area contributed by atoms with E-state index in [0.717, 1.165) is 12.1 Å². The van der Waals surface area contributed by atoms with Crippen molar-refractivity contribution in [2.24, 2.45) is 5.73 Å². The van der Waals surface area contributed by atoms with Crippen LogP contribution in [0.2, 0.25) is 0 Å². The number of hydrogen-bond donors (Lipinski definition) is 2. The van der Waals surface area contributed by atoms with Gasteiger partial charge in [-0.15, -0.1) is 0 Å². The Morgan fingerprint density at radius 3 is 2.67 bits per heavy atom. The topological polar surface area (TPSA) is 80.7 Å². The molecule has 0 fully saturated rings. The average Bonchev–Trinajstić information content (AvgIpc) is 3.03. The zero-order valence-electron chi connectivity index (χ0n) is 10.9. The highest BCUT2D eigenvalue weighted by Crippen LogP contribution is 2.31. The molecule has 0 spiro atoms. The fourth-order valence-corrected chi connectivity index (χ4v) is 1.92. The molecular formula is C13H11F3N4O. The van der Waals surface area contributed by atoms with Crippen molar-refractivity contribution in [3.63, 3.8) is 0 Å². The van der Waals surface area contributed by atoms with Gasteiger partial charge >= 0.3 is 6.18 Å². The number of fused-ring (bicyclic) bond motifs is 1. The molecule has 0 radical (unpaired) electrons. The molecule has 1 atom stereocenters. The first-order valence-electron chi connectivity index (χ1n) is 6.14. The van der Waals surface area contributed by atoms with Crippen LogP contribution < -0.4 is 5.73 Å². The quantitative estimate of drug-likeness (QED) is 0.760. The van der Waals surface area contributed by atoms with E-state index >= 15 is 0 Å². The zero-order valence-corrected chi connectivity index (χ0v) is 10.9. The smallest absolute Gasteiger partial charge is 0.359 e. The van der Waals surface area contributed by atoms with E-state index in [9.17, 15) is 13.2 Å². The summed E-state index contributed by atoms with van der Waals surface area (Å²) in [5, 5.41) is 3.80. The maximum atomic E-state index is 12.7. The van der Waals surface area contributed by atoms with Gasteiger partial charge in [0.2, 0.25) is 0 Å². The number of aromatic amines is 1. The third kappa shape index (κ3) is 2.49. The fourth-order valence-electron chi connectivity index (χ4n) is 1.92. The molecule has 3 rings (SSSR count). The second kappa shape index (κ2) is 4.59. The number of nitrogens with one attached hydrogen (secondary N) is 1. The molecule has 5 nitrogen and oxygen atoms in total. The first-order valence-corrected chi connectivity index (χ1v) is 6.14. The summed E-state index contributed by atoms with van der Waals surface area (Å²) in [6.07, 6.45) is -4.40. The Morgan fingerprint density at radius 1 is 1.29 bits per heavy atom. The van der Waals surface area contributed by atoms with Crippen molar-refractivity contribution < 1.29 is 17.7 Å². The van der Waals surface area contributed by atoms with Crippen LogP contribution in [0.25, 0.3) is 22.6 Å². The molecule has 2 heterocycles. The van der Waals surface area contributed by atoms with Gasteiger partial charge in [-0.1, -0.05) is 5.16 Å². The number of H-pyrrole nitrogens is 1. The van der Waals surface area contributed by atoms with E-state index in [4.69, 9.17) is 10.3 Å². The summed E-state index contributed by atoms with van der Waals surface area (Å²) in [5.74, 6) is 0.807. The van der Waals surface area contributed by atoms with Gasteiger partial charge in [0.15, 0.2) is 11.6 Å². The summed E-state index contributed by atoms with van der Waals surface area (Å²) < 4.78 is 43.0. The summed E-state index contributed by atoms with van der Waals surface area (Å²) in [5.41, 5.74) is 6.01. The molecule has 21 heavy (non-hydrogen) atoms. The van der Waals surface area contributed by atoms with Gasteiger partial charge in [-0.3, -0.25) is 0 Å². The Kier molecular flexibility index (Phi) is 2.98. The van der Waals surface area contributed by atoms with Crippen molar-refractivity contribution in [2.45, 2.75) is 19.1 Å². The number of aromatic nitrogens is 3. The SMILES string of the molecule is C[C@H](N)c1cc(-c2nc3cc(C(F)(F)F)ccc3[nH]2)no1. The van der Waals surface area contributed by atoms with Gasteiger partial charge in [0, 0.05) is 6.07 Å². The summed E-state index contributed by atoms with van der Waals surface area (Å²) in [7, 11) is 0. The number of alkyl halides is 3. The minimum Gasteiger partial charge on any atom is -0.359 e. The van der Waals surface area contributed by atoms with Crippen LogP contribution >= 0.6 is 0 Å². The third-order valence-corrected chi connectivity index (χ3v) is 3.03. The Labute approximate surface area is 116 Å². The van der Waals surface area contributed by atoms with E-state index < -0.39 is 11.7 Å². The molecule has 8 heteroatoms. The fraction of sp³-hybridized carbons (Fsp3) is 0.231. The van der Waals surface area contributed by atoms with Crippen LogP contribution in [0.15, 0.2) is 28.8 Å². The lowest BCUT2D eigenvalue weighted by molar-refractivity contribution is -0.137. The predicted octanol–water partition coefficient (Wildman–Crippen LogP) is 3.26. The normalized spacial score (nSPS) is 13.8. The minimum atomic E-state index is -4.40. The van der Waals surface area contributed by atoms with Gasteiger partial charge in [0.25, 0.3) is 0 Å². The van der Waals surface area contributed by atoms with E-state index in [2.05, 4.69) is 15.1 Å². The summed E-state index contributed by atoms with van der Waals surface area (Å²) in [4.78, 5) is 7.01. The first kappa shape index (κ1) is 13.6. The number of nitrogens with two attached hydrogens (primary N) is 1. The van der Waals surface area contributed by atoms with Gasteiger partial charge in [-0.25, -0.2) is 4.98 Å². The lowest BCUT2D eigenvalue weighted by Crippen LogP contribution is -2.04. The average molecular weight is 296 g/mol. The Balaban J connectivity index is 2.04. The van der Waals surface area contributed by atoms with Crippen LogP contribution in [0.3, 0.4) is 0 Å². The van der Waals surface area contributed by atoms with Gasteiger partial charge in [-0.05, 0) is 25.1 Å². The van der Waals surface area contributed by atoms with E-state index in [0.29, 0.717) is 22.8 Å². The van der Waals surface area contributed by atoms with Crippen molar-refractivity contribution in [3.8, 4) is 11.5 Å². The minimum absolute atomic E-state index is 0.213. The maximum absolute atomic E-state index is 12.7. The van der Waals surface area contributed by atoms with Crippen molar-refractivity contribution in [1.29, 1.82) is 0 Å². The predicted molar refractivity (Wildman–Crippen MR) is 69.2 cm³/mol. The number of benzene rings is 1. The molecule has 0 saturated carbocycles. The van der Waals surface area contributed by atoms with Crippen molar-refractivity contribution in [3.05, 3.63) is 35.6 Å². The monoisotopic (exact) mass is 296 g/mol. The molecule has 0 aliphatic carbocycles. The van der Waals surface area contributed by atoms with Crippen LogP contribution in [0.1, 0.15) is 24.3 Å². The van der Waals surface area contributed by atoms with Gasteiger partial charge in [-0.2, -0.15) is 13.2 Å². The van der Waals surface area contributed by atoms with Crippen LogP contribution in [0.5, 0.6) is 0 Å². The van der Waals surface area contributed by atoms with Gasteiger partial charge < -0.3 is 15.2 Å². The summed E-state index contributed by atoms with van der Waals surface area (Å²) in [6.45, 7) is 1.73. The van der Waals surface area contributed by atoms with Crippen LogP contribution in [-0.2, 0) is 6.18 Å². The second-order valence-corrected chi connectivity index (χ2v) is 4.72. The van der Waals surface area contributed by atoms with Crippen molar-refractivity contribution in [1.82, 2.24) is 15.1 Å². The van der Waals surface area contributed by atoms with Crippen LogP contribution in [-0.4, -0.2) is 15.1 Å². The Morgan fingerprint density at radius 2 is 2.05 bits per heavy atom. The van der Waals surface area contributed by atoms with Crippen LogP contribution in [0.4, 0.5) is 13.2 Å². The second-order valence-electron chi connectivity index (χ2n) is 4.72. The van der Waals surface area contributed by atoms with E-state index in [1.807, 2.05) is 0 Å². The molecule has 110 valence electrons. The number of hydrogen-bond acceptors (Lipinski definition) is 4. The maximum Gasteiger partial charge on any atom is 0.416 e. The van der Waals surface area contributed by atoms with E-state index in [1.54, 1.807) is 13.0 Å². The molecule has 0 bridgehead atoms. The molecule has 1 aromatic carbocycles. The summed E-state index contributed by atoms with van der Waals surface area (Å²) in [6, 6.07) is 4.60. The highest BCUT2D eigenvalue weighted by Gasteiger charge is 2.30. The standard InChI is InChI=1S/C13H11F3N4O/c1-6(17)11-5-10(20-21-11)12-18-8-3-2-7(13(14,15)16)4-9(8)19-12/h2-6H,17H2,1H3,(H,18,19)/t6-/m0/s1. The Bertz CT molecular complexity index is 788. The lowest BCUT2D eigenvalue weighted by atomic mass is 10.2. The molecule has 0 amide bonds. The van der Waals surface area contributed by atoms with E-state index in [-0.39, 0.29) is 11.6 Å². The van der Waals surface area contributed by atoms with Gasteiger partial charge in [0.05, 0.1) is 22.6 Å². The van der Waals surface area contributed by atoms with Crippen molar-refractivity contribution >= 4 is 11.0 Å². The third-order valence-electron chi connectivity index (χ3n) is 3.03. The molecule has 0 saturated heterocycles. The number of imidazole rings is 1.